The standard InChI is InChI=1S/C23H15Cl2NO3/c1-13-11-14(9-10-15(13)23(28)29)26-12-17(16-5-2-3-8-20(16)26)22(27)21-18(24)6-4-7-19(21)25/h2-12H,1H3,(H,28,29). The summed E-state index contributed by atoms with van der Waals surface area (Å²) in [6.45, 7) is 1.74. The lowest BCUT2D eigenvalue weighted by molar-refractivity contribution is 0.0696. The molecule has 0 radical (unpaired) electrons. The lowest BCUT2D eigenvalue weighted by atomic mass is 10.0. The van der Waals surface area contributed by atoms with Crippen LogP contribution in [-0.4, -0.2) is 21.4 Å². The van der Waals surface area contributed by atoms with E-state index >= 15 is 0 Å². The molecule has 6 heteroatoms. The summed E-state index contributed by atoms with van der Waals surface area (Å²) in [6, 6.07) is 17.5. The van der Waals surface area contributed by atoms with Gasteiger partial charge in [-0.15, -0.1) is 0 Å². The number of para-hydroxylation sites is 1. The van der Waals surface area contributed by atoms with Gasteiger partial charge in [-0.3, -0.25) is 4.79 Å². The Labute approximate surface area is 176 Å². The van der Waals surface area contributed by atoms with Crippen molar-refractivity contribution in [2.75, 3.05) is 0 Å². The van der Waals surface area contributed by atoms with Crippen LogP contribution in [0.5, 0.6) is 0 Å². The monoisotopic (exact) mass is 423 g/mol. The predicted molar refractivity (Wildman–Crippen MR) is 115 cm³/mol. The normalized spacial score (nSPS) is 11.0. The molecular formula is C23H15Cl2NO3. The molecular weight excluding hydrogens is 409 g/mol. The number of aromatic nitrogens is 1. The number of carboxylic acids is 1. The van der Waals surface area contributed by atoms with Gasteiger partial charge in [0.25, 0.3) is 0 Å². The number of fused-ring (bicyclic) bond motifs is 1. The van der Waals surface area contributed by atoms with Crippen LogP contribution in [0.2, 0.25) is 10.0 Å². The molecule has 0 spiro atoms. The van der Waals surface area contributed by atoms with Crippen molar-refractivity contribution >= 4 is 45.9 Å². The maximum atomic E-state index is 13.3. The minimum Gasteiger partial charge on any atom is -0.478 e. The number of carboxylic acid groups (broad SMARTS) is 1. The number of benzene rings is 3. The number of aromatic carboxylic acids is 1. The molecule has 144 valence electrons. The Morgan fingerprint density at radius 2 is 1.59 bits per heavy atom. The van der Waals surface area contributed by atoms with E-state index in [0.29, 0.717) is 21.2 Å². The van der Waals surface area contributed by atoms with Crippen LogP contribution in [0.25, 0.3) is 16.6 Å². The van der Waals surface area contributed by atoms with Crippen molar-refractivity contribution in [2.45, 2.75) is 6.92 Å². The maximum absolute atomic E-state index is 13.3. The summed E-state index contributed by atoms with van der Waals surface area (Å²) in [6.07, 6.45) is 1.74. The maximum Gasteiger partial charge on any atom is 0.335 e. The van der Waals surface area contributed by atoms with Crippen LogP contribution in [0.1, 0.15) is 31.8 Å². The van der Waals surface area contributed by atoms with Gasteiger partial charge in [-0.1, -0.05) is 47.5 Å². The SMILES string of the molecule is Cc1cc(-n2cc(C(=O)c3c(Cl)cccc3Cl)c3ccccc32)ccc1C(=O)O. The minimum atomic E-state index is -0.976. The van der Waals surface area contributed by atoms with Gasteiger partial charge in [-0.05, 0) is 48.9 Å². The molecule has 1 aromatic heterocycles. The van der Waals surface area contributed by atoms with Gasteiger partial charge in [-0.25, -0.2) is 4.79 Å². The van der Waals surface area contributed by atoms with Crippen LogP contribution in [0.3, 0.4) is 0 Å². The Kier molecular flexibility index (Phi) is 4.91. The molecule has 0 unspecified atom stereocenters. The van der Waals surface area contributed by atoms with Gasteiger partial charge in [0.1, 0.15) is 0 Å². The first-order chi connectivity index (χ1) is 13.9. The minimum absolute atomic E-state index is 0.240. The van der Waals surface area contributed by atoms with E-state index < -0.39 is 5.97 Å². The lowest BCUT2D eigenvalue weighted by Crippen LogP contribution is -2.03. The zero-order valence-corrected chi connectivity index (χ0v) is 16.8. The number of aryl methyl sites for hydroxylation is 1. The van der Waals surface area contributed by atoms with E-state index in [0.717, 1.165) is 16.6 Å². The first kappa shape index (κ1) is 19.2. The van der Waals surface area contributed by atoms with Crippen LogP contribution in [0, 0.1) is 6.92 Å². The van der Waals surface area contributed by atoms with Crippen molar-refractivity contribution in [3.63, 3.8) is 0 Å². The molecule has 29 heavy (non-hydrogen) atoms. The fourth-order valence-electron chi connectivity index (χ4n) is 3.46. The summed E-state index contributed by atoms with van der Waals surface area (Å²) in [7, 11) is 0. The molecule has 0 bridgehead atoms. The molecule has 0 saturated carbocycles. The second-order valence-electron chi connectivity index (χ2n) is 6.66. The third-order valence-corrected chi connectivity index (χ3v) is 5.49. The Morgan fingerprint density at radius 3 is 2.24 bits per heavy atom. The molecule has 0 amide bonds. The summed E-state index contributed by atoms with van der Waals surface area (Å²) in [5.41, 5.74) is 3.18. The highest BCUT2D eigenvalue weighted by Gasteiger charge is 2.22. The molecule has 1 heterocycles. The molecule has 0 saturated heterocycles. The molecule has 0 aliphatic rings. The van der Waals surface area contributed by atoms with E-state index in [9.17, 15) is 14.7 Å². The number of hydrogen-bond donors (Lipinski definition) is 1. The van der Waals surface area contributed by atoms with Gasteiger partial charge in [0.05, 0.1) is 26.7 Å². The molecule has 0 atom stereocenters. The van der Waals surface area contributed by atoms with Crippen molar-refractivity contribution in [1.82, 2.24) is 4.57 Å². The fraction of sp³-hybridized carbons (Fsp3) is 0.0435. The van der Waals surface area contributed by atoms with Crippen molar-refractivity contribution in [3.05, 3.63) is 99.2 Å². The first-order valence-corrected chi connectivity index (χ1v) is 9.57. The predicted octanol–water partition coefficient (Wildman–Crippen LogP) is 6.17. The summed E-state index contributed by atoms with van der Waals surface area (Å²) in [5.74, 6) is -1.25. The number of rotatable bonds is 4. The van der Waals surface area contributed by atoms with Crippen LogP contribution >= 0.6 is 23.2 Å². The number of carbonyl (C=O) groups is 2. The van der Waals surface area contributed by atoms with E-state index in [-0.39, 0.29) is 16.9 Å². The Morgan fingerprint density at radius 1 is 0.897 bits per heavy atom. The first-order valence-electron chi connectivity index (χ1n) is 8.81. The molecule has 0 aliphatic carbocycles. The number of hydrogen-bond acceptors (Lipinski definition) is 2. The van der Waals surface area contributed by atoms with Gasteiger partial charge in [0.15, 0.2) is 5.78 Å². The van der Waals surface area contributed by atoms with Gasteiger partial charge in [0, 0.05) is 22.8 Å². The van der Waals surface area contributed by atoms with E-state index in [4.69, 9.17) is 23.2 Å². The number of carbonyl (C=O) groups excluding carboxylic acids is 1. The second-order valence-corrected chi connectivity index (χ2v) is 7.47. The molecule has 4 rings (SSSR count). The molecule has 3 aromatic carbocycles. The van der Waals surface area contributed by atoms with E-state index in [1.807, 2.05) is 28.8 Å². The Bertz CT molecular complexity index is 1270. The van der Waals surface area contributed by atoms with Gasteiger partial charge in [-0.2, -0.15) is 0 Å². The van der Waals surface area contributed by atoms with E-state index in [2.05, 4.69) is 0 Å². The fourth-order valence-corrected chi connectivity index (χ4v) is 4.03. The highest BCUT2D eigenvalue weighted by Crippen LogP contribution is 2.32. The molecule has 0 aliphatic heterocycles. The molecule has 4 nitrogen and oxygen atoms in total. The lowest BCUT2D eigenvalue weighted by Gasteiger charge is -2.08. The third kappa shape index (κ3) is 3.31. The zero-order valence-electron chi connectivity index (χ0n) is 15.3. The Balaban J connectivity index is 1.92. The van der Waals surface area contributed by atoms with Crippen molar-refractivity contribution in [2.24, 2.45) is 0 Å². The highest BCUT2D eigenvalue weighted by molar-refractivity contribution is 6.41. The second kappa shape index (κ2) is 7.39. The van der Waals surface area contributed by atoms with Crippen molar-refractivity contribution < 1.29 is 14.7 Å². The van der Waals surface area contributed by atoms with Crippen molar-refractivity contribution in [1.29, 1.82) is 0 Å². The van der Waals surface area contributed by atoms with E-state index in [1.54, 1.807) is 49.5 Å². The van der Waals surface area contributed by atoms with Gasteiger partial charge < -0.3 is 9.67 Å². The smallest absolute Gasteiger partial charge is 0.335 e. The van der Waals surface area contributed by atoms with Crippen LogP contribution in [0.15, 0.2) is 66.9 Å². The average molecular weight is 424 g/mol. The number of nitrogens with zero attached hydrogens (tertiary/aromatic N) is 1. The van der Waals surface area contributed by atoms with Crippen LogP contribution in [0.4, 0.5) is 0 Å². The zero-order chi connectivity index (χ0) is 20.7. The summed E-state index contributed by atoms with van der Waals surface area (Å²) >= 11 is 12.5. The van der Waals surface area contributed by atoms with Crippen molar-refractivity contribution in [3.8, 4) is 5.69 Å². The number of halogens is 2. The summed E-state index contributed by atoms with van der Waals surface area (Å²) < 4.78 is 1.87. The summed E-state index contributed by atoms with van der Waals surface area (Å²) in [4.78, 5) is 24.6. The number of ketones is 1. The van der Waals surface area contributed by atoms with Crippen LogP contribution < -0.4 is 0 Å². The van der Waals surface area contributed by atoms with Gasteiger partial charge >= 0.3 is 5.97 Å². The molecule has 0 fully saturated rings. The van der Waals surface area contributed by atoms with E-state index in [1.165, 1.54) is 0 Å². The average Bonchev–Trinajstić information content (AvgIpc) is 3.07. The van der Waals surface area contributed by atoms with Crippen LogP contribution in [-0.2, 0) is 0 Å². The third-order valence-electron chi connectivity index (χ3n) is 4.86. The largest absolute Gasteiger partial charge is 0.478 e. The topological polar surface area (TPSA) is 59.3 Å². The highest BCUT2D eigenvalue weighted by atomic mass is 35.5. The Hall–Kier alpha value is -3.08. The quantitative estimate of drug-likeness (QED) is 0.399. The molecule has 1 N–H and O–H groups in total. The summed E-state index contributed by atoms with van der Waals surface area (Å²) in [5, 5.41) is 10.6. The molecule has 4 aromatic rings. The van der Waals surface area contributed by atoms with Gasteiger partial charge in [0.2, 0.25) is 0 Å².